The summed E-state index contributed by atoms with van der Waals surface area (Å²) in [5, 5.41) is 9.04. The molecule has 5 nitrogen and oxygen atoms in total. The molecule has 1 aromatic carbocycles. The van der Waals surface area contributed by atoms with Crippen LogP contribution in [0.3, 0.4) is 0 Å². The number of amides is 1. The van der Waals surface area contributed by atoms with Gasteiger partial charge in [-0.15, -0.1) is 0 Å². The van der Waals surface area contributed by atoms with Gasteiger partial charge in [-0.3, -0.25) is 4.79 Å². The van der Waals surface area contributed by atoms with E-state index in [2.05, 4.69) is 0 Å². The number of carboxylic acids is 1. The molecule has 1 amide bonds. The number of likely N-dealkylation sites (N-methyl/N-ethyl adjacent to an activating group) is 1. The van der Waals surface area contributed by atoms with Crippen LogP contribution in [0.15, 0.2) is 18.2 Å². The molecule has 0 aromatic heterocycles. The Morgan fingerprint density at radius 2 is 2.06 bits per heavy atom. The molecule has 98 valence electrons. The Morgan fingerprint density at radius 1 is 1.39 bits per heavy atom. The van der Waals surface area contributed by atoms with Crippen molar-refractivity contribution in [2.24, 2.45) is 0 Å². The Kier molecular flexibility index (Phi) is 4.71. The van der Waals surface area contributed by atoms with E-state index in [4.69, 9.17) is 9.84 Å². The summed E-state index contributed by atoms with van der Waals surface area (Å²) in [6.07, 6.45) is 0. The van der Waals surface area contributed by atoms with Crippen LogP contribution in [-0.2, 0) is 4.79 Å². The zero-order valence-corrected chi connectivity index (χ0v) is 10.8. The Bertz CT molecular complexity index is 456. The van der Waals surface area contributed by atoms with E-state index in [1.807, 2.05) is 6.92 Å². The van der Waals surface area contributed by atoms with Gasteiger partial charge < -0.3 is 14.7 Å². The number of aromatic carboxylic acids is 1. The summed E-state index contributed by atoms with van der Waals surface area (Å²) in [4.78, 5) is 24.1. The minimum absolute atomic E-state index is 0.0713. The van der Waals surface area contributed by atoms with Crippen LogP contribution in [0, 0.1) is 6.92 Å². The van der Waals surface area contributed by atoms with Gasteiger partial charge in [-0.05, 0) is 26.0 Å². The van der Waals surface area contributed by atoms with Gasteiger partial charge in [0.2, 0.25) is 0 Å². The molecule has 5 heteroatoms. The first-order chi connectivity index (χ1) is 8.45. The molecular weight excluding hydrogens is 234 g/mol. The Labute approximate surface area is 106 Å². The molecule has 0 saturated heterocycles. The monoisotopic (exact) mass is 251 g/mol. The summed E-state index contributed by atoms with van der Waals surface area (Å²) >= 11 is 0. The lowest BCUT2D eigenvalue weighted by Gasteiger charge is -2.15. The van der Waals surface area contributed by atoms with Crippen molar-refractivity contribution < 1.29 is 19.4 Å². The first-order valence-electron chi connectivity index (χ1n) is 5.66. The minimum Gasteiger partial charge on any atom is -0.483 e. The zero-order chi connectivity index (χ0) is 13.7. The van der Waals surface area contributed by atoms with Gasteiger partial charge in [0, 0.05) is 13.6 Å². The first kappa shape index (κ1) is 14.0. The summed E-state index contributed by atoms with van der Waals surface area (Å²) in [7, 11) is 1.67. The topological polar surface area (TPSA) is 66.8 Å². The lowest BCUT2D eigenvalue weighted by Crippen LogP contribution is -2.31. The van der Waals surface area contributed by atoms with Crippen LogP contribution in [0.2, 0.25) is 0 Å². The smallest absolute Gasteiger partial charge is 0.339 e. The standard InChI is InChI=1S/C13H17NO4/c1-4-14(3)12(15)8-18-11-6-5-9(2)7-10(11)13(16)17/h5-7H,4,8H2,1-3H3,(H,16,17). The lowest BCUT2D eigenvalue weighted by atomic mass is 10.1. The summed E-state index contributed by atoms with van der Waals surface area (Å²) < 4.78 is 5.27. The highest BCUT2D eigenvalue weighted by atomic mass is 16.5. The molecule has 0 atom stereocenters. The molecule has 0 saturated carbocycles. The van der Waals surface area contributed by atoms with Gasteiger partial charge in [0.05, 0.1) is 0 Å². The number of rotatable bonds is 5. The van der Waals surface area contributed by atoms with E-state index in [-0.39, 0.29) is 23.8 Å². The molecule has 0 spiro atoms. The van der Waals surface area contributed by atoms with Gasteiger partial charge in [0.25, 0.3) is 5.91 Å². The fourth-order valence-corrected chi connectivity index (χ4v) is 1.36. The Hall–Kier alpha value is -2.04. The van der Waals surface area contributed by atoms with E-state index < -0.39 is 5.97 Å². The third-order valence-electron chi connectivity index (χ3n) is 2.62. The van der Waals surface area contributed by atoms with Gasteiger partial charge in [-0.25, -0.2) is 4.79 Å². The minimum atomic E-state index is -1.06. The third-order valence-corrected chi connectivity index (χ3v) is 2.62. The van der Waals surface area contributed by atoms with Crippen LogP contribution in [0.5, 0.6) is 5.75 Å². The number of carboxylic acid groups (broad SMARTS) is 1. The molecule has 1 N–H and O–H groups in total. The molecule has 0 aliphatic rings. The number of ether oxygens (including phenoxy) is 1. The second kappa shape index (κ2) is 6.05. The predicted octanol–water partition coefficient (Wildman–Crippen LogP) is 1.55. The Balaban J connectivity index is 2.79. The fourth-order valence-electron chi connectivity index (χ4n) is 1.36. The Morgan fingerprint density at radius 3 is 2.61 bits per heavy atom. The number of benzene rings is 1. The number of carbonyl (C=O) groups excluding carboxylic acids is 1. The highest BCUT2D eigenvalue weighted by molar-refractivity contribution is 5.91. The van der Waals surface area contributed by atoms with Gasteiger partial charge in [-0.2, -0.15) is 0 Å². The molecule has 1 rings (SSSR count). The van der Waals surface area contributed by atoms with Crippen LogP contribution in [-0.4, -0.2) is 42.1 Å². The third kappa shape index (κ3) is 3.48. The maximum Gasteiger partial charge on any atom is 0.339 e. The van der Waals surface area contributed by atoms with Crippen molar-refractivity contribution in [1.29, 1.82) is 0 Å². The second-order valence-corrected chi connectivity index (χ2v) is 4.00. The first-order valence-corrected chi connectivity index (χ1v) is 5.66. The highest BCUT2D eigenvalue weighted by Crippen LogP contribution is 2.20. The molecule has 0 aliphatic carbocycles. The van der Waals surface area contributed by atoms with Crippen LogP contribution in [0.1, 0.15) is 22.8 Å². The lowest BCUT2D eigenvalue weighted by molar-refractivity contribution is -0.131. The van der Waals surface area contributed by atoms with E-state index >= 15 is 0 Å². The number of aryl methyl sites for hydroxylation is 1. The molecule has 0 aliphatic heterocycles. The van der Waals surface area contributed by atoms with Gasteiger partial charge in [-0.1, -0.05) is 11.6 Å². The van der Waals surface area contributed by atoms with Crippen molar-refractivity contribution in [2.45, 2.75) is 13.8 Å². The van der Waals surface area contributed by atoms with E-state index in [0.717, 1.165) is 5.56 Å². The number of hydrogen-bond donors (Lipinski definition) is 1. The average Bonchev–Trinajstić information content (AvgIpc) is 2.35. The van der Waals surface area contributed by atoms with E-state index in [0.29, 0.717) is 6.54 Å². The highest BCUT2D eigenvalue weighted by Gasteiger charge is 2.14. The summed E-state index contributed by atoms with van der Waals surface area (Å²) in [6.45, 7) is 4.08. The molecule has 0 heterocycles. The second-order valence-electron chi connectivity index (χ2n) is 4.00. The number of carbonyl (C=O) groups is 2. The van der Waals surface area contributed by atoms with Crippen LogP contribution in [0.4, 0.5) is 0 Å². The normalized spacial score (nSPS) is 9.94. The maximum atomic E-state index is 11.5. The SMILES string of the molecule is CCN(C)C(=O)COc1ccc(C)cc1C(=O)O. The van der Waals surface area contributed by atoms with E-state index in [1.165, 1.54) is 11.0 Å². The van der Waals surface area contributed by atoms with Crippen LogP contribution < -0.4 is 4.74 Å². The van der Waals surface area contributed by atoms with Crippen LogP contribution in [0.25, 0.3) is 0 Å². The predicted molar refractivity (Wildman–Crippen MR) is 66.9 cm³/mol. The average molecular weight is 251 g/mol. The van der Waals surface area contributed by atoms with Crippen molar-refractivity contribution in [3.63, 3.8) is 0 Å². The van der Waals surface area contributed by atoms with Crippen LogP contribution >= 0.6 is 0 Å². The van der Waals surface area contributed by atoms with Crippen molar-refractivity contribution in [3.8, 4) is 5.75 Å². The maximum absolute atomic E-state index is 11.5. The molecule has 18 heavy (non-hydrogen) atoms. The van der Waals surface area contributed by atoms with Crippen molar-refractivity contribution in [3.05, 3.63) is 29.3 Å². The summed E-state index contributed by atoms with van der Waals surface area (Å²) in [5.74, 6) is -1.04. The van der Waals surface area contributed by atoms with Gasteiger partial charge >= 0.3 is 5.97 Å². The molecule has 0 bridgehead atoms. The molecule has 1 aromatic rings. The zero-order valence-electron chi connectivity index (χ0n) is 10.8. The van der Waals surface area contributed by atoms with Gasteiger partial charge in [0.1, 0.15) is 11.3 Å². The van der Waals surface area contributed by atoms with Gasteiger partial charge in [0.15, 0.2) is 6.61 Å². The van der Waals surface area contributed by atoms with Crippen molar-refractivity contribution in [2.75, 3.05) is 20.2 Å². The van der Waals surface area contributed by atoms with Crippen molar-refractivity contribution >= 4 is 11.9 Å². The molecule has 0 unspecified atom stereocenters. The number of hydrogen-bond acceptors (Lipinski definition) is 3. The molecule has 0 radical (unpaired) electrons. The summed E-state index contributed by atoms with van der Waals surface area (Å²) in [6, 6.07) is 4.83. The van der Waals surface area contributed by atoms with E-state index in [1.54, 1.807) is 26.1 Å². The van der Waals surface area contributed by atoms with Crippen molar-refractivity contribution in [1.82, 2.24) is 4.90 Å². The quantitative estimate of drug-likeness (QED) is 0.862. The summed E-state index contributed by atoms with van der Waals surface area (Å²) in [5.41, 5.74) is 0.902. The fraction of sp³-hybridized carbons (Fsp3) is 0.385. The molecule has 0 fully saturated rings. The number of nitrogens with zero attached hydrogens (tertiary/aromatic N) is 1. The molecular formula is C13H17NO4. The largest absolute Gasteiger partial charge is 0.483 e. The van der Waals surface area contributed by atoms with E-state index in [9.17, 15) is 9.59 Å².